The van der Waals surface area contributed by atoms with Gasteiger partial charge in [-0.15, -0.1) is 0 Å². The van der Waals surface area contributed by atoms with Crippen LogP contribution < -0.4 is 5.73 Å². The van der Waals surface area contributed by atoms with Gasteiger partial charge in [-0.1, -0.05) is 64.7 Å². The molecule has 0 rings (SSSR count). The van der Waals surface area contributed by atoms with Crippen LogP contribution in [0.3, 0.4) is 0 Å². The molecule has 24 heavy (non-hydrogen) atoms. The van der Waals surface area contributed by atoms with Gasteiger partial charge in [0.25, 0.3) is 10.1 Å². The molecule has 0 spiro atoms. The Morgan fingerprint density at radius 2 is 1.42 bits per heavy atom. The number of rotatable bonds is 16. The van der Waals surface area contributed by atoms with E-state index in [1.54, 1.807) is 0 Å². The zero-order chi connectivity index (χ0) is 18.4. The molecule has 0 bridgehead atoms. The second kappa shape index (κ2) is 13.2. The van der Waals surface area contributed by atoms with Crippen LogP contribution in [0.5, 0.6) is 0 Å². The van der Waals surface area contributed by atoms with Crippen LogP contribution in [0, 0.1) is 0 Å². The Kier molecular flexibility index (Phi) is 12.5. The van der Waals surface area contributed by atoms with Gasteiger partial charge in [0.1, 0.15) is 0 Å². The number of unbranched alkanes of at least 4 members (excludes halogenated alkanes) is 9. The molecule has 1 atom stereocenters. The van der Waals surface area contributed by atoms with Crippen molar-refractivity contribution in [3.63, 3.8) is 0 Å². The Balaban J connectivity index is 3.81. The average Bonchev–Trinajstić information content (AvgIpc) is 2.49. The first-order valence-electron chi connectivity index (χ1n) is 8.70. The van der Waals surface area contributed by atoms with Crippen molar-refractivity contribution in [2.24, 2.45) is 5.73 Å². The van der Waals surface area contributed by atoms with Crippen LogP contribution in [0.2, 0.25) is 0 Å². The molecule has 0 heterocycles. The lowest BCUT2D eigenvalue weighted by atomic mass is 10.1. The minimum Gasteiger partial charge on any atom is -0.480 e. The predicted octanol–water partition coefficient (Wildman–Crippen LogP) is 2.58. The molecule has 0 radical (unpaired) electrons. The first-order chi connectivity index (χ1) is 11.3. The van der Waals surface area contributed by atoms with E-state index < -0.39 is 33.7 Å². The fourth-order valence-electron chi connectivity index (χ4n) is 2.34. The van der Waals surface area contributed by atoms with Crippen LogP contribution >= 0.6 is 0 Å². The summed E-state index contributed by atoms with van der Waals surface area (Å²) in [7, 11) is -4.33. The molecule has 142 valence electrons. The van der Waals surface area contributed by atoms with Gasteiger partial charge in [-0.25, -0.2) is 0 Å². The smallest absolute Gasteiger partial charge is 0.324 e. The molecular formula is C16H31NO6S. The number of hydrogen-bond acceptors (Lipinski definition) is 5. The van der Waals surface area contributed by atoms with E-state index in [4.69, 9.17) is 15.0 Å². The molecule has 3 N–H and O–H groups in total. The fourth-order valence-corrected chi connectivity index (χ4v) is 3.47. The monoisotopic (exact) mass is 365 g/mol. The highest BCUT2D eigenvalue weighted by Gasteiger charge is 2.35. The largest absolute Gasteiger partial charge is 0.480 e. The van der Waals surface area contributed by atoms with Crippen molar-refractivity contribution in [1.82, 2.24) is 0 Å². The number of hydrogen-bond donors (Lipinski definition) is 2. The highest BCUT2D eigenvalue weighted by atomic mass is 32.2. The molecule has 0 aliphatic carbocycles. The van der Waals surface area contributed by atoms with Crippen molar-refractivity contribution in [2.45, 2.75) is 82.8 Å². The Morgan fingerprint density at radius 1 is 0.958 bits per heavy atom. The third kappa shape index (κ3) is 11.4. The molecular weight excluding hydrogens is 334 g/mol. The van der Waals surface area contributed by atoms with Gasteiger partial charge in [0.05, 0.1) is 13.0 Å². The Hall–Kier alpha value is -1.15. The maximum Gasteiger partial charge on any atom is 0.324 e. The van der Waals surface area contributed by atoms with Gasteiger partial charge in [0, 0.05) is 0 Å². The number of carbonyl (C=O) groups is 2. The molecule has 0 saturated carbocycles. The van der Waals surface area contributed by atoms with Crippen molar-refractivity contribution in [3.8, 4) is 0 Å². The third-order valence-corrected chi connectivity index (χ3v) is 5.32. The summed E-state index contributed by atoms with van der Waals surface area (Å²) in [5.74, 6) is -2.62. The summed E-state index contributed by atoms with van der Waals surface area (Å²) < 4.78 is 28.2. The Labute approximate surface area is 145 Å². The Bertz CT molecular complexity index is 463. The van der Waals surface area contributed by atoms with E-state index in [9.17, 15) is 18.0 Å². The summed E-state index contributed by atoms with van der Waals surface area (Å²) in [4.78, 5) is 21.7. The number of amides is 1. The molecule has 7 nitrogen and oxygen atoms in total. The van der Waals surface area contributed by atoms with Crippen LogP contribution in [0.25, 0.3) is 0 Å². The number of nitrogens with two attached hydrogens (primary N) is 1. The molecule has 0 aromatic heterocycles. The van der Waals surface area contributed by atoms with E-state index in [1.165, 1.54) is 38.5 Å². The number of carboxylic acid groups (broad SMARTS) is 1. The summed E-state index contributed by atoms with van der Waals surface area (Å²) >= 11 is 0. The van der Waals surface area contributed by atoms with Crippen LogP contribution in [0.1, 0.15) is 77.6 Å². The van der Waals surface area contributed by atoms with E-state index in [1.807, 2.05) is 0 Å². The minimum absolute atomic E-state index is 0.0681. The van der Waals surface area contributed by atoms with E-state index in [0.717, 1.165) is 19.3 Å². The highest BCUT2D eigenvalue weighted by Crippen LogP contribution is 2.13. The second-order valence-corrected chi connectivity index (χ2v) is 7.78. The highest BCUT2D eigenvalue weighted by molar-refractivity contribution is 7.88. The predicted molar refractivity (Wildman–Crippen MR) is 92.0 cm³/mol. The maximum absolute atomic E-state index is 11.8. The molecule has 0 aromatic carbocycles. The average molecular weight is 365 g/mol. The summed E-state index contributed by atoms with van der Waals surface area (Å²) in [6.07, 6.45) is 10.2. The summed E-state index contributed by atoms with van der Waals surface area (Å²) in [6, 6.07) is 0. The van der Waals surface area contributed by atoms with Gasteiger partial charge >= 0.3 is 5.97 Å². The lowest BCUT2D eigenvalue weighted by Crippen LogP contribution is -2.35. The SMILES string of the molecule is CCCCCCCCCCCCOS(=O)(=O)C(CC(N)=O)C(=O)O. The molecule has 0 aromatic rings. The van der Waals surface area contributed by atoms with Crippen molar-refractivity contribution in [3.05, 3.63) is 0 Å². The number of carboxylic acids is 1. The van der Waals surface area contributed by atoms with E-state index >= 15 is 0 Å². The lowest BCUT2D eigenvalue weighted by Gasteiger charge is -2.11. The first-order valence-corrected chi connectivity index (χ1v) is 10.2. The van der Waals surface area contributed by atoms with E-state index in [2.05, 4.69) is 6.92 Å². The maximum atomic E-state index is 11.8. The van der Waals surface area contributed by atoms with E-state index in [-0.39, 0.29) is 6.61 Å². The van der Waals surface area contributed by atoms with E-state index in [0.29, 0.717) is 6.42 Å². The molecule has 1 unspecified atom stereocenters. The number of primary amides is 1. The number of carbonyl (C=O) groups excluding carboxylic acids is 1. The minimum atomic E-state index is -4.33. The standard InChI is InChI=1S/C16H31NO6S/c1-2-3-4-5-6-7-8-9-10-11-12-23-24(21,22)14(16(19)20)13-15(17)18/h14H,2-13H2,1H3,(H2,17,18)(H,19,20). The topological polar surface area (TPSA) is 124 Å². The van der Waals surface area contributed by atoms with Gasteiger partial charge in [-0.3, -0.25) is 13.8 Å². The third-order valence-electron chi connectivity index (χ3n) is 3.76. The van der Waals surface area contributed by atoms with Crippen LogP contribution in [0.4, 0.5) is 0 Å². The summed E-state index contributed by atoms with van der Waals surface area (Å²) in [6.45, 7) is 2.12. The summed E-state index contributed by atoms with van der Waals surface area (Å²) in [5.41, 5.74) is 4.87. The molecule has 0 aliphatic rings. The lowest BCUT2D eigenvalue weighted by molar-refractivity contribution is -0.138. The Morgan fingerprint density at radius 3 is 1.83 bits per heavy atom. The van der Waals surface area contributed by atoms with Gasteiger partial charge < -0.3 is 10.8 Å². The van der Waals surface area contributed by atoms with Crippen LogP contribution in [0.15, 0.2) is 0 Å². The molecule has 0 saturated heterocycles. The number of aliphatic carboxylic acids is 1. The van der Waals surface area contributed by atoms with Crippen molar-refractivity contribution in [1.29, 1.82) is 0 Å². The molecule has 0 aliphatic heterocycles. The quantitative estimate of drug-likeness (QED) is 0.320. The van der Waals surface area contributed by atoms with Gasteiger partial charge in [-0.05, 0) is 6.42 Å². The van der Waals surface area contributed by atoms with Crippen molar-refractivity contribution in [2.75, 3.05) is 6.61 Å². The van der Waals surface area contributed by atoms with Crippen LogP contribution in [-0.4, -0.2) is 37.3 Å². The molecule has 1 amide bonds. The molecule has 8 heteroatoms. The summed E-state index contributed by atoms with van der Waals surface area (Å²) in [5, 5.41) is 6.94. The zero-order valence-electron chi connectivity index (χ0n) is 14.5. The second-order valence-electron chi connectivity index (χ2n) is 5.99. The van der Waals surface area contributed by atoms with Crippen LogP contribution in [-0.2, 0) is 23.9 Å². The van der Waals surface area contributed by atoms with Crippen molar-refractivity contribution >= 4 is 22.0 Å². The van der Waals surface area contributed by atoms with Gasteiger partial charge in [-0.2, -0.15) is 8.42 Å². The van der Waals surface area contributed by atoms with Crippen molar-refractivity contribution < 1.29 is 27.3 Å². The van der Waals surface area contributed by atoms with Gasteiger partial charge in [0.2, 0.25) is 5.91 Å². The molecule has 0 fully saturated rings. The van der Waals surface area contributed by atoms with Gasteiger partial charge in [0.15, 0.2) is 5.25 Å². The first kappa shape index (κ1) is 22.9. The normalized spacial score (nSPS) is 12.9. The fraction of sp³-hybridized carbons (Fsp3) is 0.875. The zero-order valence-corrected chi connectivity index (χ0v) is 15.4.